The van der Waals surface area contributed by atoms with Crippen LogP contribution in [-0.4, -0.2) is 30.4 Å². The van der Waals surface area contributed by atoms with Crippen LogP contribution in [0.25, 0.3) is 0 Å². The van der Waals surface area contributed by atoms with E-state index in [2.05, 4.69) is 18.3 Å². The van der Waals surface area contributed by atoms with Crippen molar-refractivity contribution in [2.45, 2.75) is 6.10 Å². The smallest absolute Gasteiger partial charge is 0.182 e. The van der Waals surface area contributed by atoms with E-state index in [0.717, 1.165) is 0 Å². The van der Waals surface area contributed by atoms with Crippen LogP contribution in [0.5, 0.6) is 0 Å². The van der Waals surface area contributed by atoms with E-state index in [9.17, 15) is 0 Å². The van der Waals surface area contributed by atoms with Gasteiger partial charge in [-0.1, -0.05) is 17.8 Å². The maximum atomic E-state index is 8.36. The monoisotopic (exact) mass is 186 g/mol. The average Bonchev–Trinajstić information content (AvgIpc) is 2.16. The number of hydrogen-bond acceptors (Lipinski definition) is 4. The Kier molecular flexibility index (Phi) is 6.35. The van der Waals surface area contributed by atoms with Gasteiger partial charge >= 0.3 is 0 Å². The molecule has 0 aliphatic carbocycles. The molecule has 0 fully saturated rings. The summed E-state index contributed by atoms with van der Waals surface area (Å²) < 4.78 is 9.99. The number of nitrogens with zero attached hydrogens (tertiary/aromatic N) is 1. The first kappa shape index (κ1) is 11.5. The van der Waals surface area contributed by atoms with Gasteiger partial charge in [0.1, 0.15) is 0 Å². The molecule has 0 aliphatic heterocycles. The molecule has 0 bridgehead atoms. The van der Waals surface area contributed by atoms with Crippen LogP contribution in [0.2, 0.25) is 0 Å². The molecule has 0 aliphatic rings. The van der Waals surface area contributed by atoms with Gasteiger partial charge in [0, 0.05) is 0 Å². The molecule has 0 spiro atoms. The molecule has 0 aromatic heterocycles. The summed E-state index contributed by atoms with van der Waals surface area (Å²) in [5.41, 5.74) is 5.31. The molecule has 0 radical (unpaired) electrons. The fraction of sp³-hybridized carbons (Fsp3) is 0.375. The van der Waals surface area contributed by atoms with Gasteiger partial charge in [-0.25, -0.2) is 0 Å². The van der Waals surface area contributed by atoms with E-state index in [1.165, 1.54) is 6.26 Å². The van der Waals surface area contributed by atoms with Gasteiger partial charge in [-0.2, -0.15) is 0 Å². The van der Waals surface area contributed by atoms with Gasteiger partial charge in [-0.3, -0.25) is 0 Å². The van der Waals surface area contributed by atoms with Crippen LogP contribution in [0.3, 0.4) is 0 Å². The lowest BCUT2D eigenvalue weighted by Gasteiger charge is -2.14. The Balaban J connectivity index is 3.93. The second kappa shape index (κ2) is 7.17. The van der Waals surface area contributed by atoms with Crippen molar-refractivity contribution in [2.24, 2.45) is 10.9 Å². The lowest BCUT2D eigenvalue weighted by atomic mass is 10.3. The molecule has 0 aromatic rings. The minimum atomic E-state index is -0.609. The van der Waals surface area contributed by atoms with E-state index in [4.69, 9.17) is 20.4 Å². The molecule has 74 valence electrons. The van der Waals surface area contributed by atoms with Gasteiger partial charge < -0.3 is 20.4 Å². The molecule has 13 heavy (non-hydrogen) atoms. The summed E-state index contributed by atoms with van der Waals surface area (Å²) in [5.74, 6) is -0.0519. The highest BCUT2D eigenvalue weighted by molar-refractivity contribution is 5.84. The minimum Gasteiger partial charge on any atom is -0.488 e. The standard InChI is InChI=1S/C8H14N2O3/c1-3-5-12-6-7(13-4-2)8(9)10-11/h3-4,7,11H,1-2,5-6H2,(H2,9,10). The lowest BCUT2D eigenvalue weighted by Crippen LogP contribution is -2.34. The Morgan fingerprint density at radius 3 is 2.77 bits per heavy atom. The first-order valence-electron chi connectivity index (χ1n) is 3.68. The van der Waals surface area contributed by atoms with Crippen molar-refractivity contribution in [1.82, 2.24) is 0 Å². The molecule has 1 unspecified atom stereocenters. The molecule has 0 amide bonds. The van der Waals surface area contributed by atoms with Crippen LogP contribution in [-0.2, 0) is 9.47 Å². The van der Waals surface area contributed by atoms with Gasteiger partial charge in [0.05, 0.1) is 19.5 Å². The summed E-state index contributed by atoms with van der Waals surface area (Å²) in [4.78, 5) is 0. The number of oxime groups is 1. The molecule has 0 saturated carbocycles. The number of amidine groups is 1. The zero-order valence-electron chi connectivity index (χ0n) is 7.35. The topological polar surface area (TPSA) is 77.1 Å². The van der Waals surface area contributed by atoms with Crippen LogP contribution in [0.4, 0.5) is 0 Å². The Hall–Kier alpha value is -1.49. The second-order valence-corrected chi connectivity index (χ2v) is 2.14. The lowest BCUT2D eigenvalue weighted by molar-refractivity contribution is 0.0716. The molecule has 0 rings (SSSR count). The SMILES string of the molecule is C=CCOCC(OC=C)C(N)=NO. The fourth-order valence-electron chi connectivity index (χ4n) is 0.633. The molecule has 0 heterocycles. The van der Waals surface area contributed by atoms with E-state index in [0.29, 0.717) is 6.61 Å². The molecule has 3 N–H and O–H groups in total. The van der Waals surface area contributed by atoms with Crippen molar-refractivity contribution in [3.63, 3.8) is 0 Å². The summed E-state index contributed by atoms with van der Waals surface area (Å²) in [6, 6.07) is 0. The summed E-state index contributed by atoms with van der Waals surface area (Å²) in [7, 11) is 0. The number of hydrogen-bond donors (Lipinski definition) is 2. The largest absolute Gasteiger partial charge is 0.488 e. The Bertz CT molecular complexity index is 192. The average molecular weight is 186 g/mol. The number of nitrogens with two attached hydrogens (primary N) is 1. The molecule has 0 saturated heterocycles. The van der Waals surface area contributed by atoms with Gasteiger partial charge in [-0.15, -0.1) is 6.58 Å². The minimum absolute atomic E-state index is 0.0519. The Morgan fingerprint density at radius 2 is 2.31 bits per heavy atom. The van der Waals surface area contributed by atoms with Crippen LogP contribution in [0.15, 0.2) is 30.7 Å². The highest BCUT2D eigenvalue weighted by Crippen LogP contribution is 1.94. The number of ether oxygens (including phenoxy) is 2. The van der Waals surface area contributed by atoms with Crippen LogP contribution < -0.4 is 5.73 Å². The van der Waals surface area contributed by atoms with Crippen LogP contribution in [0, 0.1) is 0 Å². The summed E-state index contributed by atoms with van der Waals surface area (Å²) >= 11 is 0. The Morgan fingerprint density at radius 1 is 1.62 bits per heavy atom. The van der Waals surface area contributed by atoms with E-state index in [1.807, 2.05) is 0 Å². The molecule has 5 nitrogen and oxygen atoms in total. The highest BCUT2D eigenvalue weighted by atomic mass is 16.5. The molecular formula is C8H14N2O3. The van der Waals surface area contributed by atoms with Gasteiger partial charge in [0.25, 0.3) is 0 Å². The second-order valence-electron chi connectivity index (χ2n) is 2.14. The van der Waals surface area contributed by atoms with E-state index in [-0.39, 0.29) is 12.4 Å². The normalized spacial score (nSPS) is 13.4. The third-order valence-electron chi connectivity index (χ3n) is 1.21. The molecule has 1 atom stereocenters. The van der Waals surface area contributed by atoms with Crippen molar-refractivity contribution >= 4 is 5.84 Å². The predicted molar refractivity (Wildman–Crippen MR) is 49.5 cm³/mol. The van der Waals surface area contributed by atoms with Gasteiger partial charge in [0.2, 0.25) is 0 Å². The van der Waals surface area contributed by atoms with E-state index in [1.54, 1.807) is 6.08 Å². The van der Waals surface area contributed by atoms with Crippen molar-refractivity contribution in [3.8, 4) is 0 Å². The first-order valence-corrected chi connectivity index (χ1v) is 3.68. The highest BCUT2D eigenvalue weighted by Gasteiger charge is 2.13. The zero-order chi connectivity index (χ0) is 10.1. The zero-order valence-corrected chi connectivity index (χ0v) is 7.35. The Labute approximate surface area is 77.1 Å². The summed E-state index contributed by atoms with van der Waals surface area (Å²) in [6.45, 7) is 7.40. The van der Waals surface area contributed by atoms with Gasteiger partial charge in [0.15, 0.2) is 11.9 Å². The molecule has 5 heteroatoms. The van der Waals surface area contributed by atoms with Crippen molar-refractivity contribution < 1.29 is 14.7 Å². The van der Waals surface area contributed by atoms with Crippen molar-refractivity contribution in [2.75, 3.05) is 13.2 Å². The third kappa shape index (κ3) is 4.86. The summed E-state index contributed by atoms with van der Waals surface area (Å²) in [6.07, 6.45) is 2.19. The van der Waals surface area contributed by atoms with Gasteiger partial charge in [-0.05, 0) is 0 Å². The molecule has 0 aromatic carbocycles. The van der Waals surface area contributed by atoms with E-state index >= 15 is 0 Å². The maximum absolute atomic E-state index is 8.36. The van der Waals surface area contributed by atoms with Crippen LogP contribution >= 0.6 is 0 Å². The molecular weight excluding hydrogens is 172 g/mol. The van der Waals surface area contributed by atoms with E-state index < -0.39 is 6.10 Å². The maximum Gasteiger partial charge on any atom is 0.182 e. The van der Waals surface area contributed by atoms with Crippen LogP contribution in [0.1, 0.15) is 0 Å². The van der Waals surface area contributed by atoms with Crippen molar-refractivity contribution in [1.29, 1.82) is 0 Å². The quantitative estimate of drug-likeness (QED) is 0.115. The number of rotatable bonds is 7. The fourth-order valence-corrected chi connectivity index (χ4v) is 0.633. The van der Waals surface area contributed by atoms with Crippen molar-refractivity contribution in [3.05, 3.63) is 25.5 Å². The first-order chi connectivity index (χ1) is 6.26. The summed E-state index contributed by atoms with van der Waals surface area (Å²) in [5, 5.41) is 11.2. The third-order valence-corrected chi connectivity index (χ3v) is 1.21. The predicted octanol–water partition coefficient (Wildman–Crippen LogP) is 0.464.